The molecule has 0 fully saturated rings. The van der Waals surface area contributed by atoms with Crippen LogP contribution in [0.3, 0.4) is 0 Å². The van der Waals surface area contributed by atoms with Crippen LogP contribution in [0.5, 0.6) is 0 Å². The van der Waals surface area contributed by atoms with E-state index >= 15 is 0 Å². The van der Waals surface area contributed by atoms with Gasteiger partial charge in [0.1, 0.15) is 0 Å². The lowest BCUT2D eigenvalue weighted by Crippen LogP contribution is -2.36. The van der Waals surface area contributed by atoms with Crippen molar-refractivity contribution in [2.75, 3.05) is 4.90 Å². The molecule has 6 rings (SSSR count). The second-order valence-electron chi connectivity index (χ2n) is 17.5. The van der Waals surface area contributed by atoms with E-state index in [4.69, 9.17) is 0 Å². The number of alkyl halides is 6. The zero-order valence-electron chi connectivity index (χ0n) is 41.0. The molecule has 0 saturated heterocycles. The molecule has 0 saturated carbocycles. The van der Waals surface area contributed by atoms with Crippen molar-refractivity contribution in [2.45, 2.75) is 104 Å². The highest BCUT2D eigenvalue weighted by Gasteiger charge is 2.31. The number of unbranched alkanes of at least 4 members (excludes halogenated alkanes) is 5. The molecule has 0 heterocycles. The topological polar surface area (TPSA) is 115 Å². The highest BCUT2D eigenvalue weighted by molar-refractivity contribution is 6.37. The Balaban J connectivity index is 0.000000274. The first-order valence-corrected chi connectivity index (χ1v) is 24.1. The molecule has 384 valence electrons. The number of nitrogens with zero attached hydrogens (tertiary/aromatic N) is 2. The predicted octanol–water partition coefficient (Wildman–Crippen LogP) is 13.3. The van der Waals surface area contributed by atoms with Crippen molar-refractivity contribution < 1.29 is 55.7 Å². The molecule has 0 unspecified atom stereocenters. The third-order valence-corrected chi connectivity index (χ3v) is 11.7. The Morgan fingerprint density at radius 1 is 0.405 bits per heavy atom. The SMILES string of the molecule is CCCCCCc1ccc(C#Cc2ccc(N(Cc3ccc(C(F)(F)F)cc3)C(=O)C(=O)O)cc2)cc1.CCCCCc1ccc(C#Cc2ccc(CN(Cc3ccc(C(F)(F)F)cc3)C(=O)C(=O)O)cc2)cc1. The number of carbonyl (C=O) groups excluding carboxylic acids is 2. The van der Waals surface area contributed by atoms with Gasteiger partial charge in [0.2, 0.25) is 0 Å². The van der Waals surface area contributed by atoms with Crippen LogP contribution in [0.2, 0.25) is 0 Å². The minimum absolute atomic E-state index is 0.0145. The third kappa shape index (κ3) is 18.5. The van der Waals surface area contributed by atoms with Gasteiger partial charge in [-0.15, -0.1) is 0 Å². The van der Waals surface area contributed by atoms with Crippen molar-refractivity contribution in [3.05, 3.63) is 207 Å². The third-order valence-electron chi connectivity index (χ3n) is 11.7. The van der Waals surface area contributed by atoms with Gasteiger partial charge in [-0.3, -0.25) is 14.5 Å². The minimum Gasteiger partial charge on any atom is -0.474 e. The van der Waals surface area contributed by atoms with Crippen molar-refractivity contribution in [1.29, 1.82) is 0 Å². The maximum atomic E-state index is 12.8. The van der Waals surface area contributed by atoms with E-state index in [0.29, 0.717) is 27.9 Å². The van der Waals surface area contributed by atoms with E-state index in [0.717, 1.165) is 63.6 Å². The number of benzene rings is 6. The highest BCUT2D eigenvalue weighted by atomic mass is 19.4. The first-order chi connectivity index (χ1) is 35.3. The molecule has 74 heavy (non-hydrogen) atoms. The van der Waals surface area contributed by atoms with Crippen LogP contribution in [0.4, 0.5) is 32.0 Å². The van der Waals surface area contributed by atoms with Crippen LogP contribution >= 0.6 is 0 Å². The lowest BCUT2D eigenvalue weighted by Gasteiger charge is -2.21. The number of hydrogen-bond donors (Lipinski definition) is 2. The Kier molecular flexibility index (Phi) is 21.2. The summed E-state index contributed by atoms with van der Waals surface area (Å²) in [5, 5.41) is 18.4. The number of aliphatic carboxylic acids is 2. The molecule has 0 atom stereocenters. The monoisotopic (exact) mass is 1010 g/mol. The van der Waals surface area contributed by atoms with Crippen molar-refractivity contribution in [3.8, 4) is 23.7 Å². The molecule has 0 radical (unpaired) electrons. The molecule has 8 nitrogen and oxygen atoms in total. The van der Waals surface area contributed by atoms with Crippen LogP contribution in [0, 0.1) is 23.7 Å². The molecule has 0 aliphatic rings. The Morgan fingerprint density at radius 2 is 0.716 bits per heavy atom. The molecule has 0 aliphatic carbocycles. The van der Waals surface area contributed by atoms with Crippen LogP contribution in [-0.4, -0.2) is 38.9 Å². The quantitative estimate of drug-likeness (QED) is 0.0432. The van der Waals surface area contributed by atoms with Crippen LogP contribution in [0.1, 0.15) is 120 Å². The summed E-state index contributed by atoms with van der Waals surface area (Å²) >= 11 is 0. The van der Waals surface area contributed by atoms with Gasteiger partial charge in [0.05, 0.1) is 17.7 Å². The van der Waals surface area contributed by atoms with Gasteiger partial charge in [-0.05, 0) is 138 Å². The van der Waals surface area contributed by atoms with Gasteiger partial charge in [-0.1, -0.05) is 130 Å². The zero-order chi connectivity index (χ0) is 53.7. The van der Waals surface area contributed by atoms with E-state index in [1.54, 1.807) is 48.5 Å². The molecular formula is C60H56F6N2O6. The Hall–Kier alpha value is -8.10. The van der Waals surface area contributed by atoms with Crippen LogP contribution in [0.15, 0.2) is 146 Å². The van der Waals surface area contributed by atoms with E-state index in [2.05, 4.69) is 61.8 Å². The number of carbonyl (C=O) groups is 4. The van der Waals surface area contributed by atoms with E-state index in [1.807, 2.05) is 24.3 Å². The molecule has 0 aromatic heterocycles. The Labute approximate surface area is 427 Å². The fourth-order valence-electron chi connectivity index (χ4n) is 7.50. The molecule has 6 aromatic rings. The van der Waals surface area contributed by atoms with E-state index < -0.39 is 47.2 Å². The smallest absolute Gasteiger partial charge is 0.416 e. The molecule has 14 heteroatoms. The van der Waals surface area contributed by atoms with Crippen molar-refractivity contribution in [1.82, 2.24) is 4.90 Å². The summed E-state index contributed by atoms with van der Waals surface area (Å²) in [6.07, 6.45) is 1.59. The van der Waals surface area contributed by atoms with Crippen molar-refractivity contribution in [3.63, 3.8) is 0 Å². The van der Waals surface area contributed by atoms with Crippen molar-refractivity contribution in [2.24, 2.45) is 0 Å². The Bertz CT molecular complexity index is 2910. The minimum atomic E-state index is -4.48. The molecule has 2 N–H and O–H groups in total. The van der Waals surface area contributed by atoms with E-state index in [9.17, 15) is 55.7 Å². The molecule has 0 bridgehead atoms. The normalized spacial score (nSPS) is 10.9. The van der Waals surface area contributed by atoms with Crippen molar-refractivity contribution >= 4 is 29.4 Å². The summed E-state index contributed by atoms with van der Waals surface area (Å²) in [4.78, 5) is 49.3. The largest absolute Gasteiger partial charge is 0.474 e. The lowest BCUT2D eigenvalue weighted by atomic mass is 10.0. The standard InChI is InChI=1S/2C30H28F3NO3/c1-2-3-4-5-22-6-8-23(9-7-22)10-11-24-12-14-25(15-13-24)20-34(28(35)29(36)37)21-26-16-18-27(19-17-26)30(31,32)33;1-2-3-4-5-6-22-7-9-23(10-8-22)11-12-24-15-19-27(20-16-24)34(28(35)29(36)37)21-25-13-17-26(18-14-25)30(31,32)33/h6-9,12-19H,2-5,20-21H2,1H3,(H,36,37);7-10,13-20H,2-6,21H2,1H3,(H,36,37). The predicted molar refractivity (Wildman–Crippen MR) is 272 cm³/mol. The zero-order valence-corrected chi connectivity index (χ0v) is 41.0. The van der Waals surface area contributed by atoms with E-state index in [1.165, 1.54) is 80.3 Å². The summed E-state index contributed by atoms with van der Waals surface area (Å²) < 4.78 is 76.9. The summed E-state index contributed by atoms with van der Waals surface area (Å²) in [5.74, 6) is 6.75. The van der Waals surface area contributed by atoms with Gasteiger partial charge in [0.25, 0.3) is 0 Å². The molecule has 6 aromatic carbocycles. The highest BCUT2D eigenvalue weighted by Crippen LogP contribution is 2.31. The van der Waals surface area contributed by atoms with Crippen LogP contribution < -0.4 is 4.90 Å². The fraction of sp³-hybridized carbons (Fsp3) is 0.267. The van der Waals surface area contributed by atoms with Gasteiger partial charge in [0.15, 0.2) is 0 Å². The summed E-state index contributed by atoms with van der Waals surface area (Å²) in [6.45, 7) is 4.02. The van der Waals surface area contributed by atoms with Gasteiger partial charge in [0, 0.05) is 41.0 Å². The average molecular weight is 1020 g/mol. The van der Waals surface area contributed by atoms with Gasteiger partial charge in [-0.2, -0.15) is 26.3 Å². The number of hydrogen-bond acceptors (Lipinski definition) is 4. The first kappa shape index (κ1) is 56.8. The van der Waals surface area contributed by atoms with Gasteiger partial charge < -0.3 is 15.1 Å². The molecular weight excluding hydrogens is 959 g/mol. The average Bonchev–Trinajstić information content (AvgIpc) is 3.38. The Morgan fingerprint density at radius 3 is 1.07 bits per heavy atom. The summed E-state index contributed by atoms with van der Waals surface area (Å²) in [7, 11) is 0. The van der Waals surface area contributed by atoms with Crippen LogP contribution in [0.25, 0.3) is 0 Å². The lowest BCUT2D eigenvalue weighted by molar-refractivity contribution is -0.156. The summed E-state index contributed by atoms with van der Waals surface area (Å²) in [5.41, 5.74) is 5.85. The number of aryl methyl sites for hydroxylation is 2. The number of halogens is 6. The van der Waals surface area contributed by atoms with Gasteiger partial charge in [-0.25, -0.2) is 9.59 Å². The summed E-state index contributed by atoms with van der Waals surface area (Å²) in [6, 6.07) is 38.3. The number of rotatable bonds is 16. The number of amides is 2. The number of carboxylic acid groups (broad SMARTS) is 2. The second-order valence-corrected chi connectivity index (χ2v) is 17.5. The van der Waals surface area contributed by atoms with Crippen LogP contribution in [-0.2, 0) is 64.0 Å². The maximum Gasteiger partial charge on any atom is 0.416 e. The number of anilines is 1. The van der Waals surface area contributed by atoms with Gasteiger partial charge >= 0.3 is 36.1 Å². The van der Waals surface area contributed by atoms with E-state index in [-0.39, 0.29) is 19.6 Å². The second kappa shape index (κ2) is 27.6. The first-order valence-electron chi connectivity index (χ1n) is 24.1. The molecule has 0 spiro atoms. The fourth-order valence-corrected chi connectivity index (χ4v) is 7.50. The molecule has 0 aliphatic heterocycles. The molecule has 2 amide bonds. The number of carboxylic acids is 2. The maximum absolute atomic E-state index is 12.8.